The monoisotopic (exact) mass is 290 g/mol. The zero-order chi connectivity index (χ0) is 14.3. The first-order valence-corrected chi connectivity index (χ1v) is 7.12. The first-order chi connectivity index (χ1) is 8.99. The Labute approximate surface area is 115 Å². The van der Waals surface area contributed by atoms with Crippen molar-refractivity contribution in [3.05, 3.63) is 0 Å². The molecule has 1 atom stereocenters. The molecule has 1 saturated heterocycles. The summed E-state index contributed by atoms with van der Waals surface area (Å²) >= 11 is 1.78. The second kappa shape index (κ2) is 7.88. The molecule has 0 bridgehead atoms. The molecule has 0 radical (unpaired) electrons. The molecule has 8 heteroatoms. The lowest BCUT2D eigenvalue weighted by Crippen LogP contribution is -2.47. The molecule has 1 fully saturated rings. The van der Waals surface area contributed by atoms with Crippen LogP contribution in [0.5, 0.6) is 0 Å². The van der Waals surface area contributed by atoms with E-state index in [4.69, 9.17) is 10.2 Å². The molecule has 1 heterocycles. The molecule has 0 saturated carbocycles. The van der Waals surface area contributed by atoms with Gasteiger partial charge in [-0.15, -0.1) is 0 Å². The minimum Gasteiger partial charge on any atom is -0.480 e. The number of carboxylic acid groups (broad SMARTS) is 2. The number of hydrogen-bond acceptors (Lipinski definition) is 4. The fourth-order valence-corrected chi connectivity index (χ4v) is 3.05. The Balaban J connectivity index is 2.41. The molecule has 7 nitrogen and oxygen atoms in total. The van der Waals surface area contributed by atoms with Crippen LogP contribution >= 0.6 is 11.8 Å². The van der Waals surface area contributed by atoms with Crippen molar-refractivity contribution in [1.29, 1.82) is 0 Å². The number of carbonyl (C=O) groups is 3. The van der Waals surface area contributed by atoms with Crippen LogP contribution in [0, 0.1) is 0 Å². The van der Waals surface area contributed by atoms with Crippen LogP contribution in [0.2, 0.25) is 0 Å². The summed E-state index contributed by atoms with van der Waals surface area (Å²) in [5, 5.41) is 20.2. The van der Waals surface area contributed by atoms with Crippen molar-refractivity contribution in [3.63, 3.8) is 0 Å². The van der Waals surface area contributed by atoms with E-state index in [1.165, 1.54) is 6.42 Å². The lowest BCUT2D eigenvalue weighted by atomic mass is 10.2. The summed E-state index contributed by atoms with van der Waals surface area (Å²) in [5.41, 5.74) is 0. The van der Waals surface area contributed by atoms with Crippen molar-refractivity contribution in [2.75, 3.05) is 25.4 Å². The molecule has 108 valence electrons. The van der Waals surface area contributed by atoms with Gasteiger partial charge >= 0.3 is 18.0 Å². The van der Waals surface area contributed by atoms with E-state index in [9.17, 15) is 14.4 Å². The molecule has 0 aromatic heterocycles. The Morgan fingerprint density at radius 1 is 1.16 bits per heavy atom. The Morgan fingerprint density at radius 2 is 1.79 bits per heavy atom. The minimum absolute atomic E-state index is 0.328. The van der Waals surface area contributed by atoms with Crippen LogP contribution in [-0.4, -0.2) is 63.7 Å². The molecule has 0 spiro atoms. The third kappa shape index (κ3) is 6.32. The summed E-state index contributed by atoms with van der Waals surface area (Å²) < 4.78 is 0. The van der Waals surface area contributed by atoms with Crippen LogP contribution in [0.25, 0.3) is 0 Å². The van der Waals surface area contributed by atoms with Crippen LogP contribution in [0.3, 0.4) is 0 Å². The summed E-state index contributed by atoms with van der Waals surface area (Å²) in [7, 11) is 0. The van der Waals surface area contributed by atoms with Gasteiger partial charge in [0, 0.05) is 11.8 Å². The van der Waals surface area contributed by atoms with Gasteiger partial charge in [0.15, 0.2) is 0 Å². The van der Waals surface area contributed by atoms with Gasteiger partial charge in [0.2, 0.25) is 0 Å². The molecule has 0 aliphatic carbocycles. The lowest BCUT2D eigenvalue weighted by Gasteiger charge is -2.24. The number of amides is 2. The molecule has 1 aliphatic rings. The maximum atomic E-state index is 11.7. The zero-order valence-corrected chi connectivity index (χ0v) is 11.3. The molecule has 3 N–H and O–H groups in total. The maximum absolute atomic E-state index is 11.7. The SMILES string of the molecule is O=C(O)CN(CC(=O)O)C(=O)NCC1CCCCS1. The van der Waals surface area contributed by atoms with E-state index >= 15 is 0 Å². The summed E-state index contributed by atoms with van der Waals surface area (Å²) in [4.78, 5) is 33.7. The number of rotatable bonds is 6. The Bertz CT molecular complexity index is 328. The number of aliphatic carboxylic acids is 2. The van der Waals surface area contributed by atoms with Gasteiger partial charge in [-0.2, -0.15) is 11.8 Å². The van der Waals surface area contributed by atoms with Crippen LogP contribution in [0.15, 0.2) is 0 Å². The maximum Gasteiger partial charge on any atom is 0.323 e. The molecule has 19 heavy (non-hydrogen) atoms. The highest BCUT2D eigenvalue weighted by molar-refractivity contribution is 7.99. The second-order valence-corrected chi connectivity index (χ2v) is 5.73. The van der Waals surface area contributed by atoms with Crippen molar-refractivity contribution < 1.29 is 24.6 Å². The third-order valence-corrected chi connectivity index (χ3v) is 4.09. The molecular weight excluding hydrogens is 272 g/mol. The van der Waals surface area contributed by atoms with Gasteiger partial charge in [0.05, 0.1) is 0 Å². The summed E-state index contributed by atoms with van der Waals surface area (Å²) in [6.07, 6.45) is 3.32. The fourth-order valence-electron chi connectivity index (χ4n) is 1.81. The summed E-state index contributed by atoms with van der Waals surface area (Å²) in [6, 6.07) is -0.643. The van der Waals surface area contributed by atoms with Crippen molar-refractivity contribution in [3.8, 4) is 0 Å². The molecule has 1 rings (SSSR count). The van der Waals surface area contributed by atoms with Crippen molar-refractivity contribution in [1.82, 2.24) is 10.2 Å². The van der Waals surface area contributed by atoms with E-state index < -0.39 is 31.1 Å². The average Bonchev–Trinajstić information content (AvgIpc) is 2.35. The standard InChI is InChI=1S/C11H18N2O5S/c14-9(15)6-13(7-10(16)17)11(18)12-5-8-3-1-2-4-19-8/h8H,1-7H2,(H,12,18)(H,14,15)(H,16,17). The lowest BCUT2D eigenvalue weighted by molar-refractivity contribution is -0.140. The molecule has 1 aliphatic heterocycles. The van der Waals surface area contributed by atoms with Crippen molar-refractivity contribution in [2.24, 2.45) is 0 Å². The van der Waals surface area contributed by atoms with Gasteiger partial charge in [-0.25, -0.2) is 4.79 Å². The molecule has 0 aromatic rings. The second-order valence-electron chi connectivity index (χ2n) is 4.32. The molecule has 2 amide bonds. The topological polar surface area (TPSA) is 107 Å². The van der Waals surface area contributed by atoms with E-state index in [-0.39, 0.29) is 0 Å². The smallest absolute Gasteiger partial charge is 0.323 e. The third-order valence-electron chi connectivity index (χ3n) is 2.69. The summed E-state index contributed by atoms with van der Waals surface area (Å²) in [5.74, 6) is -1.40. The number of urea groups is 1. The Kier molecular flexibility index (Phi) is 6.48. The highest BCUT2D eigenvalue weighted by Gasteiger charge is 2.21. The number of nitrogens with zero attached hydrogens (tertiary/aromatic N) is 1. The average molecular weight is 290 g/mol. The largest absolute Gasteiger partial charge is 0.480 e. The van der Waals surface area contributed by atoms with Crippen LogP contribution in [0.1, 0.15) is 19.3 Å². The van der Waals surface area contributed by atoms with Gasteiger partial charge in [0.1, 0.15) is 13.1 Å². The quantitative estimate of drug-likeness (QED) is 0.656. The Morgan fingerprint density at radius 3 is 2.26 bits per heavy atom. The zero-order valence-electron chi connectivity index (χ0n) is 10.5. The normalized spacial score (nSPS) is 18.6. The molecule has 0 aromatic carbocycles. The molecular formula is C11H18N2O5S. The van der Waals surface area contributed by atoms with Gasteiger partial charge in [0.25, 0.3) is 0 Å². The van der Waals surface area contributed by atoms with E-state index in [2.05, 4.69) is 5.32 Å². The van der Waals surface area contributed by atoms with Gasteiger partial charge in [-0.1, -0.05) is 6.42 Å². The van der Waals surface area contributed by atoms with E-state index in [0.29, 0.717) is 11.8 Å². The summed E-state index contributed by atoms with van der Waals surface area (Å²) in [6.45, 7) is -0.787. The number of carboxylic acids is 2. The number of nitrogens with one attached hydrogen (secondary N) is 1. The van der Waals surface area contributed by atoms with Crippen LogP contribution in [-0.2, 0) is 9.59 Å². The number of carbonyl (C=O) groups excluding carboxylic acids is 1. The van der Waals surface area contributed by atoms with E-state index in [1.54, 1.807) is 11.8 Å². The number of hydrogen-bond donors (Lipinski definition) is 3. The first kappa shape index (κ1) is 15.6. The predicted octanol–water partition coefficient (Wildman–Crippen LogP) is 0.453. The van der Waals surface area contributed by atoms with Crippen molar-refractivity contribution in [2.45, 2.75) is 24.5 Å². The first-order valence-electron chi connectivity index (χ1n) is 6.07. The Hall–Kier alpha value is -1.44. The number of thioether (sulfide) groups is 1. The van der Waals surface area contributed by atoms with Crippen LogP contribution < -0.4 is 5.32 Å². The van der Waals surface area contributed by atoms with Crippen LogP contribution in [0.4, 0.5) is 4.79 Å². The molecule has 1 unspecified atom stereocenters. The fraction of sp³-hybridized carbons (Fsp3) is 0.727. The van der Waals surface area contributed by atoms with Crippen molar-refractivity contribution >= 4 is 29.7 Å². The van der Waals surface area contributed by atoms with Gasteiger partial charge in [-0.3, -0.25) is 9.59 Å². The minimum atomic E-state index is -1.23. The van der Waals surface area contributed by atoms with Gasteiger partial charge < -0.3 is 20.4 Å². The van der Waals surface area contributed by atoms with E-state index in [1.807, 2.05) is 0 Å². The highest BCUT2D eigenvalue weighted by Crippen LogP contribution is 2.24. The predicted molar refractivity (Wildman–Crippen MR) is 70.3 cm³/mol. The van der Waals surface area contributed by atoms with E-state index in [0.717, 1.165) is 23.5 Å². The van der Waals surface area contributed by atoms with Gasteiger partial charge in [-0.05, 0) is 18.6 Å². The highest BCUT2D eigenvalue weighted by atomic mass is 32.2.